The molecule has 5 heteroatoms. The molecule has 0 radical (unpaired) electrons. The predicted molar refractivity (Wildman–Crippen MR) is 78.9 cm³/mol. The number of rotatable bonds is 4. The second kappa shape index (κ2) is 5.84. The van der Waals surface area contributed by atoms with Crippen molar-refractivity contribution < 1.29 is 4.74 Å². The highest BCUT2D eigenvalue weighted by atomic mass is 79.9. The number of methoxy groups -OCH3 is 1. The van der Waals surface area contributed by atoms with E-state index in [1.54, 1.807) is 18.4 Å². The van der Waals surface area contributed by atoms with E-state index in [1.165, 1.54) is 5.56 Å². The van der Waals surface area contributed by atoms with Crippen LogP contribution in [-0.2, 0) is 0 Å². The van der Waals surface area contributed by atoms with Crippen LogP contribution in [-0.4, -0.2) is 7.11 Å². The summed E-state index contributed by atoms with van der Waals surface area (Å²) in [6, 6.07) is 6.00. The van der Waals surface area contributed by atoms with Crippen LogP contribution in [0.1, 0.15) is 22.7 Å². The van der Waals surface area contributed by atoms with Crippen LogP contribution in [0.15, 0.2) is 33.4 Å². The molecule has 0 aliphatic carbocycles. The first-order chi connectivity index (χ1) is 8.67. The van der Waals surface area contributed by atoms with Crippen molar-refractivity contribution in [2.45, 2.75) is 13.0 Å². The third kappa shape index (κ3) is 2.59. The molecule has 96 valence electrons. The van der Waals surface area contributed by atoms with E-state index in [-0.39, 0.29) is 6.04 Å². The summed E-state index contributed by atoms with van der Waals surface area (Å²) >= 11 is 5.18. The molecule has 3 nitrogen and oxygen atoms in total. The summed E-state index contributed by atoms with van der Waals surface area (Å²) in [5.41, 5.74) is 6.20. The number of benzene rings is 1. The SMILES string of the molecule is COc1ccc(C)cc1C(NN)c1cscc1Br. The quantitative estimate of drug-likeness (QED) is 0.668. The Bertz CT molecular complexity index is 542. The number of hydrazine groups is 1. The van der Waals surface area contributed by atoms with Crippen LogP contribution < -0.4 is 16.0 Å². The fourth-order valence-electron chi connectivity index (χ4n) is 1.92. The lowest BCUT2D eigenvalue weighted by atomic mass is 9.99. The van der Waals surface area contributed by atoms with Crippen molar-refractivity contribution in [3.05, 3.63) is 50.1 Å². The molecule has 1 aromatic carbocycles. The summed E-state index contributed by atoms with van der Waals surface area (Å²) in [5.74, 6) is 6.55. The molecule has 1 unspecified atom stereocenters. The van der Waals surface area contributed by atoms with E-state index >= 15 is 0 Å². The van der Waals surface area contributed by atoms with Crippen molar-refractivity contribution in [2.75, 3.05) is 7.11 Å². The number of hydrogen-bond acceptors (Lipinski definition) is 4. The molecule has 0 fully saturated rings. The summed E-state index contributed by atoms with van der Waals surface area (Å²) < 4.78 is 6.47. The molecule has 0 saturated heterocycles. The summed E-state index contributed by atoms with van der Waals surface area (Å²) in [7, 11) is 1.67. The van der Waals surface area contributed by atoms with Crippen LogP contribution in [0.4, 0.5) is 0 Å². The van der Waals surface area contributed by atoms with Gasteiger partial charge in [-0.05, 0) is 39.9 Å². The van der Waals surface area contributed by atoms with Gasteiger partial charge in [0.25, 0.3) is 0 Å². The smallest absolute Gasteiger partial charge is 0.124 e. The van der Waals surface area contributed by atoms with Crippen LogP contribution >= 0.6 is 27.3 Å². The average molecular weight is 327 g/mol. The van der Waals surface area contributed by atoms with Gasteiger partial charge in [-0.25, -0.2) is 5.43 Å². The molecule has 1 heterocycles. The third-order valence-corrected chi connectivity index (χ3v) is 4.57. The van der Waals surface area contributed by atoms with E-state index in [0.717, 1.165) is 21.3 Å². The predicted octanol–water partition coefficient (Wildman–Crippen LogP) is 3.38. The number of ether oxygens (including phenoxy) is 1. The van der Waals surface area contributed by atoms with Gasteiger partial charge < -0.3 is 4.74 Å². The molecule has 3 N–H and O–H groups in total. The standard InChI is InChI=1S/C13H15BrN2OS/c1-8-3-4-12(17-2)9(5-8)13(16-15)10-6-18-7-11(10)14/h3-7,13,16H,15H2,1-2H3. The molecule has 0 spiro atoms. The molecule has 0 amide bonds. The molecule has 18 heavy (non-hydrogen) atoms. The van der Waals surface area contributed by atoms with E-state index < -0.39 is 0 Å². The van der Waals surface area contributed by atoms with Crippen LogP contribution in [0.5, 0.6) is 5.75 Å². The van der Waals surface area contributed by atoms with E-state index in [1.807, 2.05) is 17.5 Å². The number of thiophene rings is 1. The highest BCUT2D eigenvalue weighted by Gasteiger charge is 2.20. The van der Waals surface area contributed by atoms with Crippen LogP contribution in [0.25, 0.3) is 0 Å². The molecule has 0 saturated carbocycles. The zero-order valence-corrected chi connectivity index (χ0v) is 12.6. The monoisotopic (exact) mass is 326 g/mol. The van der Waals surface area contributed by atoms with Gasteiger partial charge in [-0.1, -0.05) is 17.7 Å². The summed E-state index contributed by atoms with van der Waals surface area (Å²) in [5, 5.41) is 4.12. The number of nitrogens with one attached hydrogen (secondary N) is 1. The van der Waals surface area contributed by atoms with Gasteiger partial charge in [0.2, 0.25) is 0 Å². The Morgan fingerprint density at radius 2 is 2.11 bits per heavy atom. The summed E-state index contributed by atoms with van der Waals surface area (Å²) in [4.78, 5) is 0. The number of hydrogen-bond donors (Lipinski definition) is 2. The van der Waals surface area contributed by atoms with E-state index in [9.17, 15) is 0 Å². The lowest BCUT2D eigenvalue weighted by Gasteiger charge is -2.19. The maximum absolute atomic E-state index is 5.72. The molecular weight excluding hydrogens is 312 g/mol. The van der Waals surface area contributed by atoms with Crippen molar-refractivity contribution in [1.29, 1.82) is 0 Å². The zero-order valence-electron chi connectivity index (χ0n) is 10.2. The fraction of sp³-hybridized carbons (Fsp3) is 0.231. The Morgan fingerprint density at radius 1 is 1.33 bits per heavy atom. The highest BCUT2D eigenvalue weighted by molar-refractivity contribution is 9.10. The van der Waals surface area contributed by atoms with Crippen molar-refractivity contribution >= 4 is 27.3 Å². The van der Waals surface area contributed by atoms with Gasteiger partial charge in [-0.15, -0.1) is 0 Å². The fourth-order valence-corrected chi connectivity index (χ4v) is 3.48. The molecule has 1 atom stereocenters. The van der Waals surface area contributed by atoms with Crippen molar-refractivity contribution in [1.82, 2.24) is 5.43 Å². The Hall–Kier alpha value is -0.880. The average Bonchev–Trinajstić information content (AvgIpc) is 2.77. The van der Waals surface area contributed by atoms with E-state index in [0.29, 0.717) is 0 Å². The second-order valence-electron chi connectivity index (χ2n) is 4.02. The first kappa shape index (κ1) is 13.5. The molecule has 0 aliphatic heterocycles. The van der Waals surface area contributed by atoms with Gasteiger partial charge in [-0.3, -0.25) is 5.84 Å². The first-order valence-electron chi connectivity index (χ1n) is 5.49. The first-order valence-corrected chi connectivity index (χ1v) is 7.23. The maximum Gasteiger partial charge on any atom is 0.124 e. The normalized spacial score (nSPS) is 12.4. The maximum atomic E-state index is 5.72. The van der Waals surface area contributed by atoms with Crippen molar-refractivity contribution in [3.63, 3.8) is 0 Å². The molecule has 1 aromatic heterocycles. The number of nitrogens with two attached hydrogens (primary N) is 1. The lowest BCUT2D eigenvalue weighted by Crippen LogP contribution is -2.29. The van der Waals surface area contributed by atoms with Crippen LogP contribution in [0, 0.1) is 6.92 Å². The summed E-state index contributed by atoms with van der Waals surface area (Å²) in [6.45, 7) is 2.05. The van der Waals surface area contributed by atoms with Gasteiger partial charge in [0.15, 0.2) is 0 Å². The number of aryl methyl sites for hydroxylation is 1. The minimum absolute atomic E-state index is 0.0829. The Balaban J connectivity index is 2.51. The number of halogens is 1. The molecule has 2 aromatic rings. The molecular formula is C13H15BrN2OS. The topological polar surface area (TPSA) is 47.3 Å². The van der Waals surface area contributed by atoms with Gasteiger partial charge in [0.05, 0.1) is 13.2 Å². The van der Waals surface area contributed by atoms with Crippen molar-refractivity contribution in [3.8, 4) is 5.75 Å². The molecule has 2 rings (SSSR count). The Kier molecular flexibility index (Phi) is 4.40. The Labute approximate surface area is 119 Å². The summed E-state index contributed by atoms with van der Waals surface area (Å²) in [6.07, 6.45) is 0. The van der Waals surface area contributed by atoms with Gasteiger partial charge >= 0.3 is 0 Å². The second-order valence-corrected chi connectivity index (χ2v) is 5.62. The minimum Gasteiger partial charge on any atom is -0.496 e. The highest BCUT2D eigenvalue weighted by Crippen LogP contribution is 2.35. The van der Waals surface area contributed by atoms with E-state index in [4.69, 9.17) is 10.6 Å². The zero-order chi connectivity index (χ0) is 13.1. The van der Waals surface area contributed by atoms with Crippen LogP contribution in [0.2, 0.25) is 0 Å². The lowest BCUT2D eigenvalue weighted by molar-refractivity contribution is 0.404. The van der Waals surface area contributed by atoms with Gasteiger partial charge in [-0.2, -0.15) is 11.3 Å². The van der Waals surface area contributed by atoms with Gasteiger partial charge in [0.1, 0.15) is 5.75 Å². The van der Waals surface area contributed by atoms with Crippen LogP contribution in [0.3, 0.4) is 0 Å². The molecule has 0 aliphatic rings. The largest absolute Gasteiger partial charge is 0.496 e. The van der Waals surface area contributed by atoms with E-state index in [2.05, 4.69) is 39.7 Å². The van der Waals surface area contributed by atoms with Crippen molar-refractivity contribution in [2.24, 2.45) is 5.84 Å². The molecule has 0 bridgehead atoms. The Morgan fingerprint density at radius 3 is 2.67 bits per heavy atom. The van der Waals surface area contributed by atoms with Gasteiger partial charge in [0, 0.05) is 15.4 Å². The third-order valence-electron chi connectivity index (χ3n) is 2.82. The minimum atomic E-state index is -0.0829.